The van der Waals surface area contributed by atoms with E-state index >= 15 is 0 Å². The fourth-order valence-corrected chi connectivity index (χ4v) is 0.772. The lowest BCUT2D eigenvalue weighted by molar-refractivity contribution is -0.180. The third-order valence-corrected chi connectivity index (χ3v) is 1.85. The summed E-state index contributed by atoms with van der Waals surface area (Å²) < 4.78 is 56.1. The van der Waals surface area contributed by atoms with Crippen LogP contribution in [0.2, 0.25) is 0 Å². The summed E-state index contributed by atoms with van der Waals surface area (Å²) in [6, 6.07) is 0. The highest BCUT2D eigenvalue weighted by Gasteiger charge is 2.59. The molecule has 0 radical (unpaired) electrons. The van der Waals surface area contributed by atoms with Crippen molar-refractivity contribution in [2.45, 2.75) is 29.4 Å². The van der Waals surface area contributed by atoms with Crippen LogP contribution in [-0.2, 0) is 0 Å². The first-order valence-electron chi connectivity index (χ1n) is 2.82. The number of halogens is 6. The summed E-state index contributed by atoms with van der Waals surface area (Å²) in [4.78, 5) is 0. The first-order valence-corrected chi connectivity index (χ1v) is 3.90. The van der Waals surface area contributed by atoms with Gasteiger partial charge >= 0.3 is 9.85 Å². The van der Waals surface area contributed by atoms with Crippen LogP contribution in [0.15, 0.2) is 0 Å². The van der Waals surface area contributed by atoms with Crippen LogP contribution in [0.25, 0.3) is 0 Å². The molecule has 0 heterocycles. The maximum atomic E-state index is 12.2. The van der Waals surface area contributed by atoms with Crippen molar-refractivity contribution in [3.63, 3.8) is 0 Å². The van der Waals surface area contributed by atoms with Crippen molar-refractivity contribution in [2.24, 2.45) is 0 Å². The summed E-state index contributed by atoms with van der Waals surface area (Å²) >= 11 is 0.235. The molecule has 0 N–H and O–H groups in total. The van der Waals surface area contributed by atoms with Gasteiger partial charge in [0.25, 0.3) is 0 Å². The molecule has 0 nitrogen and oxygen atoms in total. The maximum Gasteiger partial charge on any atom is 0.361 e. The molecule has 0 bridgehead atoms. The average Bonchev–Trinajstić information content (AvgIpc) is 1.83. The molecule has 0 aromatic rings. The van der Waals surface area contributed by atoms with Gasteiger partial charge in [-0.15, -0.1) is 0 Å². The van der Waals surface area contributed by atoms with Gasteiger partial charge in [-0.2, -0.15) is 17.6 Å². The van der Waals surface area contributed by atoms with Crippen molar-refractivity contribution in [2.75, 3.05) is 0 Å². The minimum absolute atomic E-state index is 0.235. The zero-order valence-electron chi connectivity index (χ0n) is 5.55. The minimum Gasteiger partial charge on any atom is -0.241 e. The highest BCUT2D eigenvalue weighted by Crippen LogP contribution is 2.43. The lowest BCUT2D eigenvalue weighted by Crippen LogP contribution is -2.43. The molecule has 0 spiro atoms. The summed E-state index contributed by atoms with van der Waals surface area (Å²) in [5, 5.41) is 0. The molecule has 68 valence electrons. The van der Waals surface area contributed by atoms with Crippen LogP contribution < -0.4 is 0 Å². The van der Waals surface area contributed by atoms with Crippen LogP contribution in [0.3, 0.4) is 0 Å². The van der Waals surface area contributed by atoms with E-state index in [4.69, 9.17) is 0 Å². The maximum absolute atomic E-state index is 12.2. The minimum atomic E-state index is -4.57. The van der Waals surface area contributed by atoms with E-state index in [0.717, 1.165) is 6.92 Å². The molecule has 0 fully saturated rings. The van der Waals surface area contributed by atoms with Gasteiger partial charge in [-0.1, -0.05) is 6.92 Å². The molecule has 0 amide bonds. The van der Waals surface area contributed by atoms with Gasteiger partial charge in [-0.05, 0) is 6.42 Å². The smallest absolute Gasteiger partial charge is 0.241 e. The first kappa shape index (κ1) is 11.4. The molecule has 0 aliphatic carbocycles. The molecule has 0 saturated carbocycles. The van der Waals surface area contributed by atoms with Crippen molar-refractivity contribution in [3.8, 4) is 0 Å². The van der Waals surface area contributed by atoms with Gasteiger partial charge in [-0.25, -0.2) is 4.39 Å². The summed E-state index contributed by atoms with van der Waals surface area (Å²) in [6.45, 7) is 1.08. The van der Waals surface area contributed by atoms with Crippen LogP contribution in [0.4, 0.5) is 22.0 Å². The number of hydrogen-bond donors (Lipinski definition) is 0. The van der Waals surface area contributed by atoms with E-state index in [-0.39, 0.29) is 22.6 Å². The molecular formula is C5H6F5I. The molecule has 0 aliphatic heterocycles. The van der Waals surface area contributed by atoms with Gasteiger partial charge in [0.05, 0.1) is 0 Å². The van der Waals surface area contributed by atoms with Gasteiger partial charge in [0, 0.05) is 22.6 Å². The van der Waals surface area contributed by atoms with E-state index in [1.165, 1.54) is 0 Å². The quantitative estimate of drug-likeness (QED) is 0.424. The molecule has 11 heavy (non-hydrogen) atoms. The Kier molecular flexibility index (Phi) is 3.52. The average molecular weight is 288 g/mol. The SMILES string of the molecule is CCC(F)C(F)(F)C(F)(F)I. The second-order valence-electron chi connectivity index (χ2n) is 2.00. The molecule has 0 aromatic carbocycles. The molecule has 0 aromatic heterocycles. The van der Waals surface area contributed by atoms with E-state index in [1.807, 2.05) is 0 Å². The van der Waals surface area contributed by atoms with Crippen molar-refractivity contribution in [1.82, 2.24) is 0 Å². The van der Waals surface area contributed by atoms with Crippen molar-refractivity contribution < 1.29 is 22.0 Å². The summed E-state index contributed by atoms with van der Waals surface area (Å²) in [5.41, 5.74) is 0. The van der Waals surface area contributed by atoms with E-state index in [2.05, 4.69) is 0 Å². The third kappa shape index (κ3) is 2.41. The Morgan fingerprint density at radius 1 is 1.27 bits per heavy atom. The monoisotopic (exact) mass is 288 g/mol. The number of rotatable bonds is 3. The summed E-state index contributed by atoms with van der Waals surface area (Å²) in [6.07, 6.45) is -3.40. The standard InChI is InChI=1S/C5H6F5I/c1-2-3(6)4(7,8)5(9,10)11/h3H,2H2,1H3. The normalized spacial score (nSPS) is 16.6. The molecular weight excluding hydrogens is 282 g/mol. The van der Waals surface area contributed by atoms with Gasteiger partial charge < -0.3 is 0 Å². The Hall–Kier alpha value is 0.380. The van der Waals surface area contributed by atoms with Gasteiger partial charge in [0.1, 0.15) is 0 Å². The first-order chi connectivity index (χ1) is 4.73. The molecule has 0 aliphatic rings. The third-order valence-electron chi connectivity index (χ3n) is 1.13. The fraction of sp³-hybridized carbons (Fsp3) is 1.00. The molecule has 0 saturated heterocycles. The van der Waals surface area contributed by atoms with Crippen molar-refractivity contribution >= 4 is 22.6 Å². The second kappa shape index (κ2) is 3.40. The van der Waals surface area contributed by atoms with Crippen LogP contribution in [0.1, 0.15) is 13.3 Å². The number of alkyl halides is 6. The highest BCUT2D eigenvalue weighted by molar-refractivity contribution is 14.1. The van der Waals surface area contributed by atoms with E-state index in [9.17, 15) is 22.0 Å². The van der Waals surface area contributed by atoms with Crippen LogP contribution in [-0.4, -0.2) is 16.0 Å². The topological polar surface area (TPSA) is 0 Å². The van der Waals surface area contributed by atoms with Crippen LogP contribution >= 0.6 is 22.6 Å². The Bertz CT molecular complexity index is 129. The molecule has 0 rings (SSSR count). The van der Waals surface area contributed by atoms with Crippen LogP contribution in [0, 0.1) is 0 Å². The predicted octanol–water partition coefficient (Wildman–Crippen LogP) is 3.40. The van der Waals surface area contributed by atoms with Crippen LogP contribution in [0.5, 0.6) is 0 Å². The summed E-state index contributed by atoms with van der Waals surface area (Å²) in [7, 11) is 0. The largest absolute Gasteiger partial charge is 0.361 e. The zero-order chi connectivity index (χ0) is 9.28. The van der Waals surface area contributed by atoms with Crippen molar-refractivity contribution in [1.29, 1.82) is 0 Å². The Labute approximate surface area is 74.3 Å². The second-order valence-corrected chi connectivity index (χ2v) is 3.35. The zero-order valence-corrected chi connectivity index (χ0v) is 7.71. The lowest BCUT2D eigenvalue weighted by Gasteiger charge is -2.23. The molecule has 6 heteroatoms. The predicted molar refractivity (Wildman–Crippen MR) is 39.1 cm³/mol. The van der Waals surface area contributed by atoms with E-state index in [0.29, 0.717) is 0 Å². The number of hydrogen-bond acceptors (Lipinski definition) is 0. The highest BCUT2D eigenvalue weighted by atomic mass is 127. The fourth-order valence-electron chi connectivity index (χ4n) is 0.434. The molecule has 1 atom stereocenters. The van der Waals surface area contributed by atoms with E-state index < -0.39 is 22.4 Å². The van der Waals surface area contributed by atoms with Gasteiger partial charge in [-0.3, -0.25) is 0 Å². The Morgan fingerprint density at radius 3 is 1.73 bits per heavy atom. The molecule has 1 unspecified atom stereocenters. The lowest BCUT2D eigenvalue weighted by atomic mass is 10.2. The van der Waals surface area contributed by atoms with Crippen molar-refractivity contribution in [3.05, 3.63) is 0 Å². The summed E-state index contributed by atoms with van der Waals surface area (Å²) in [5.74, 6) is -4.57. The Balaban J connectivity index is 4.45. The van der Waals surface area contributed by atoms with Gasteiger partial charge in [0.2, 0.25) is 0 Å². The Morgan fingerprint density at radius 2 is 1.64 bits per heavy atom. The van der Waals surface area contributed by atoms with E-state index in [1.54, 1.807) is 0 Å². The van der Waals surface area contributed by atoms with Gasteiger partial charge in [0.15, 0.2) is 6.17 Å².